The second-order valence-corrected chi connectivity index (χ2v) is 10.4. The Bertz CT molecular complexity index is 1420. The Labute approximate surface area is 233 Å². The zero-order valence-corrected chi connectivity index (χ0v) is 22.0. The summed E-state index contributed by atoms with van der Waals surface area (Å²) >= 11 is 6.49. The fraction of sp³-hybridized carbons (Fsp3) is 0.310. The normalized spacial score (nSPS) is 19.1. The van der Waals surface area contributed by atoms with Crippen molar-refractivity contribution in [2.24, 2.45) is 0 Å². The number of halogens is 4. The van der Waals surface area contributed by atoms with Gasteiger partial charge in [0.25, 0.3) is 11.8 Å². The smallest absolute Gasteiger partial charge is 0.252 e. The van der Waals surface area contributed by atoms with Crippen LogP contribution in [0.25, 0.3) is 0 Å². The van der Waals surface area contributed by atoms with Crippen LogP contribution in [0.3, 0.4) is 0 Å². The van der Waals surface area contributed by atoms with E-state index in [2.05, 4.69) is 10.3 Å². The first-order valence-electron chi connectivity index (χ1n) is 12.8. The molecule has 11 heteroatoms. The molecule has 1 N–H and O–H groups in total. The quantitative estimate of drug-likeness (QED) is 0.411. The molecular formula is C29H26ClF3N4O3. The highest BCUT2D eigenvalue weighted by Gasteiger charge is 2.48. The van der Waals surface area contributed by atoms with Crippen molar-refractivity contribution in [3.05, 3.63) is 95.0 Å². The summed E-state index contributed by atoms with van der Waals surface area (Å²) in [7, 11) is 0. The average molecular weight is 571 g/mol. The average Bonchev–Trinajstić information content (AvgIpc) is 3.26. The third-order valence-corrected chi connectivity index (χ3v) is 7.48. The van der Waals surface area contributed by atoms with Gasteiger partial charge in [-0.25, -0.2) is 13.2 Å². The van der Waals surface area contributed by atoms with Gasteiger partial charge in [0.1, 0.15) is 17.9 Å². The largest absolute Gasteiger partial charge is 0.351 e. The molecule has 40 heavy (non-hydrogen) atoms. The number of likely N-dealkylation sites (tertiary alicyclic amines) is 1. The molecule has 3 amide bonds. The number of nitrogens with one attached hydrogen (secondary N) is 1. The van der Waals surface area contributed by atoms with Crippen LogP contribution in [0, 0.1) is 5.82 Å². The Hall–Kier alpha value is -3.92. The molecule has 1 aliphatic heterocycles. The molecule has 1 unspecified atom stereocenters. The number of amides is 3. The van der Waals surface area contributed by atoms with Gasteiger partial charge in [-0.2, -0.15) is 0 Å². The first kappa shape index (κ1) is 27.6. The molecule has 3 aromatic rings. The summed E-state index contributed by atoms with van der Waals surface area (Å²) < 4.78 is 41.6. The molecule has 5 rings (SSSR count). The molecule has 1 aromatic heterocycles. The topological polar surface area (TPSA) is 82.6 Å². The molecule has 1 aliphatic carbocycles. The Morgan fingerprint density at radius 3 is 2.52 bits per heavy atom. The third-order valence-electron chi connectivity index (χ3n) is 7.14. The van der Waals surface area contributed by atoms with E-state index in [9.17, 15) is 27.6 Å². The number of benzene rings is 2. The summed E-state index contributed by atoms with van der Waals surface area (Å²) in [6, 6.07) is 13.5. The maximum atomic E-state index is 14.5. The van der Waals surface area contributed by atoms with E-state index >= 15 is 0 Å². The summed E-state index contributed by atoms with van der Waals surface area (Å²) in [5, 5.41) is 2.77. The van der Waals surface area contributed by atoms with Crippen molar-refractivity contribution in [3.8, 4) is 0 Å². The van der Waals surface area contributed by atoms with E-state index in [-0.39, 0.29) is 41.6 Å². The third kappa shape index (κ3) is 5.82. The van der Waals surface area contributed by atoms with Crippen molar-refractivity contribution < 1.29 is 27.6 Å². The Kier molecular flexibility index (Phi) is 7.80. The fourth-order valence-corrected chi connectivity index (χ4v) is 5.42. The molecule has 1 saturated carbocycles. The van der Waals surface area contributed by atoms with E-state index in [0.29, 0.717) is 5.69 Å². The van der Waals surface area contributed by atoms with E-state index in [1.807, 2.05) is 0 Å². The maximum Gasteiger partial charge on any atom is 0.252 e. The second kappa shape index (κ2) is 11.3. The molecular weight excluding hydrogens is 545 g/mol. The maximum absolute atomic E-state index is 14.5. The predicted molar refractivity (Wildman–Crippen MR) is 142 cm³/mol. The summed E-state index contributed by atoms with van der Waals surface area (Å²) in [6.45, 7) is 0.0627. The van der Waals surface area contributed by atoms with Gasteiger partial charge in [0.05, 0.1) is 12.2 Å². The lowest BCUT2D eigenvalue weighted by Crippen LogP contribution is -2.56. The zero-order valence-electron chi connectivity index (χ0n) is 21.3. The Balaban J connectivity index is 1.56. The lowest BCUT2D eigenvalue weighted by molar-refractivity contribution is -0.136. The molecule has 0 spiro atoms. The number of carbonyl (C=O) groups excluding carboxylic acids is 3. The van der Waals surface area contributed by atoms with Crippen molar-refractivity contribution in [2.45, 2.75) is 56.3 Å². The summed E-state index contributed by atoms with van der Waals surface area (Å²) in [4.78, 5) is 47.8. The van der Waals surface area contributed by atoms with Crippen LogP contribution >= 0.6 is 11.6 Å². The van der Waals surface area contributed by atoms with Gasteiger partial charge in [0.2, 0.25) is 11.8 Å². The van der Waals surface area contributed by atoms with E-state index in [1.54, 1.807) is 42.6 Å². The number of hydrogen-bond acceptors (Lipinski definition) is 4. The Morgan fingerprint density at radius 2 is 1.85 bits per heavy atom. The highest BCUT2D eigenvalue weighted by atomic mass is 35.5. The van der Waals surface area contributed by atoms with Gasteiger partial charge in [0, 0.05) is 47.8 Å². The SMILES string of the molecule is O=C(NC1CC(F)(F)C1)[C@H](c1ccccc1Cl)N(C(=O)C1CCC(=O)N1Cc1ccccn1)c1cccc(F)c1. The van der Waals surface area contributed by atoms with Gasteiger partial charge < -0.3 is 10.2 Å². The van der Waals surface area contributed by atoms with E-state index in [1.165, 1.54) is 29.2 Å². The molecule has 7 nitrogen and oxygen atoms in total. The van der Waals surface area contributed by atoms with E-state index in [0.717, 1.165) is 11.0 Å². The van der Waals surface area contributed by atoms with Crippen molar-refractivity contribution in [1.29, 1.82) is 0 Å². The number of carbonyl (C=O) groups is 3. The standard InChI is InChI=1S/C29H26ClF3N4O3/c30-23-10-2-1-9-22(23)26(27(39)35-20-15-29(32,33)16-20)37(21-8-5-6-18(31)14-21)28(40)24-11-12-25(38)36(24)17-19-7-3-4-13-34-19/h1-10,13-14,20,24,26H,11-12,15-17H2,(H,35,39)/t24?,26-/m0/s1. The van der Waals surface area contributed by atoms with Gasteiger partial charge in [-0.05, 0) is 42.8 Å². The number of aromatic nitrogens is 1. The predicted octanol–water partition coefficient (Wildman–Crippen LogP) is 5.05. The summed E-state index contributed by atoms with van der Waals surface area (Å²) in [5.41, 5.74) is 0.853. The van der Waals surface area contributed by atoms with Gasteiger partial charge >= 0.3 is 0 Å². The molecule has 208 valence electrons. The van der Waals surface area contributed by atoms with E-state index < -0.39 is 54.5 Å². The number of nitrogens with zero attached hydrogens (tertiary/aromatic N) is 3. The zero-order chi connectivity index (χ0) is 28.4. The summed E-state index contributed by atoms with van der Waals surface area (Å²) in [6.07, 6.45) is 0.781. The highest BCUT2D eigenvalue weighted by Crippen LogP contribution is 2.39. The molecule has 2 aromatic carbocycles. The first-order valence-corrected chi connectivity index (χ1v) is 13.2. The molecule has 2 heterocycles. The lowest BCUT2D eigenvalue weighted by Gasteiger charge is -2.39. The number of alkyl halides is 2. The highest BCUT2D eigenvalue weighted by molar-refractivity contribution is 6.31. The Morgan fingerprint density at radius 1 is 1.10 bits per heavy atom. The number of pyridine rings is 1. The van der Waals surface area contributed by atoms with Crippen LogP contribution in [0.4, 0.5) is 18.9 Å². The second-order valence-electron chi connectivity index (χ2n) is 9.98. The minimum atomic E-state index is -2.88. The molecule has 2 aliphatic rings. The first-order chi connectivity index (χ1) is 19.1. The molecule has 1 saturated heterocycles. The van der Waals surface area contributed by atoms with Crippen molar-refractivity contribution in [3.63, 3.8) is 0 Å². The molecule has 2 fully saturated rings. The van der Waals surface area contributed by atoms with Gasteiger partial charge in [-0.3, -0.25) is 24.3 Å². The van der Waals surface area contributed by atoms with Gasteiger partial charge in [-0.15, -0.1) is 0 Å². The van der Waals surface area contributed by atoms with Crippen LogP contribution < -0.4 is 10.2 Å². The molecule has 0 bridgehead atoms. The number of rotatable bonds is 8. The van der Waals surface area contributed by atoms with Crippen LogP contribution in [0.15, 0.2) is 72.9 Å². The van der Waals surface area contributed by atoms with Crippen LogP contribution in [-0.4, -0.2) is 45.6 Å². The van der Waals surface area contributed by atoms with Crippen molar-refractivity contribution in [2.75, 3.05) is 4.90 Å². The number of anilines is 1. The van der Waals surface area contributed by atoms with Crippen LogP contribution in [-0.2, 0) is 20.9 Å². The minimum Gasteiger partial charge on any atom is -0.351 e. The van der Waals surface area contributed by atoms with Gasteiger partial charge in [0.15, 0.2) is 0 Å². The summed E-state index contributed by atoms with van der Waals surface area (Å²) in [5.74, 6) is -5.18. The number of hydrogen-bond donors (Lipinski definition) is 1. The monoisotopic (exact) mass is 570 g/mol. The van der Waals surface area contributed by atoms with E-state index in [4.69, 9.17) is 11.6 Å². The van der Waals surface area contributed by atoms with Crippen LogP contribution in [0.1, 0.15) is 43.0 Å². The molecule has 2 atom stereocenters. The minimum absolute atomic E-state index is 0.0566. The molecule has 0 radical (unpaired) electrons. The van der Waals surface area contributed by atoms with Crippen LogP contribution in [0.2, 0.25) is 5.02 Å². The lowest BCUT2D eigenvalue weighted by atomic mass is 9.87. The van der Waals surface area contributed by atoms with Crippen molar-refractivity contribution >= 4 is 35.0 Å². The van der Waals surface area contributed by atoms with Gasteiger partial charge in [-0.1, -0.05) is 41.9 Å². The van der Waals surface area contributed by atoms with Crippen molar-refractivity contribution in [1.82, 2.24) is 15.2 Å². The fourth-order valence-electron chi connectivity index (χ4n) is 5.18. The van der Waals surface area contributed by atoms with Crippen LogP contribution in [0.5, 0.6) is 0 Å².